The van der Waals surface area contributed by atoms with E-state index in [1.54, 1.807) is 6.92 Å². The molecule has 3 nitrogen and oxygen atoms in total. The predicted octanol–water partition coefficient (Wildman–Crippen LogP) is 3.10. The van der Waals surface area contributed by atoms with E-state index in [1.807, 2.05) is 42.5 Å². The maximum atomic E-state index is 11.4. The lowest BCUT2D eigenvalue weighted by Gasteiger charge is -2.34. The second-order valence-electron chi connectivity index (χ2n) is 6.23. The summed E-state index contributed by atoms with van der Waals surface area (Å²) in [5.41, 5.74) is 3.05. The van der Waals surface area contributed by atoms with Gasteiger partial charge in [0.15, 0.2) is 5.78 Å². The van der Waals surface area contributed by atoms with Gasteiger partial charge in [-0.15, -0.1) is 0 Å². The summed E-state index contributed by atoms with van der Waals surface area (Å²) in [5.74, 6) is 0.106. The molecule has 0 bridgehead atoms. The second-order valence-corrected chi connectivity index (χ2v) is 7.01. The molecule has 0 atom stereocenters. The zero-order valence-corrected chi connectivity index (χ0v) is 15.2. The van der Waals surface area contributed by atoms with E-state index in [1.165, 1.54) is 10.6 Å². The van der Waals surface area contributed by atoms with Crippen molar-refractivity contribution in [2.45, 2.75) is 13.5 Å². The number of piperazine rings is 1. The largest absolute Gasteiger partial charge is 0.360 e. The van der Waals surface area contributed by atoms with Crippen LogP contribution in [0.4, 0.5) is 5.69 Å². The summed E-state index contributed by atoms with van der Waals surface area (Å²) in [5, 5.41) is 1.30. The Balaban J connectivity index is 1.59. The van der Waals surface area contributed by atoms with E-state index in [-0.39, 0.29) is 5.78 Å². The lowest BCUT2D eigenvalue weighted by atomic mass is 10.1. The van der Waals surface area contributed by atoms with Crippen LogP contribution in [0.15, 0.2) is 42.5 Å². The van der Waals surface area contributed by atoms with Gasteiger partial charge in [0.05, 0.1) is 36.2 Å². The molecule has 2 aromatic carbocycles. The highest BCUT2D eigenvalue weighted by Crippen LogP contribution is 2.25. The first-order valence-electron chi connectivity index (χ1n) is 8.17. The van der Waals surface area contributed by atoms with Crippen molar-refractivity contribution in [1.29, 1.82) is 0 Å². The van der Waals surface area contributed by atoms with Gasteiger partial charge in [-0.3, -0.25) is 4.79 Å². The molecule has 5 heteroatoms. The summed E-state index contributed by atoms with van der Waals surface area (Å²) >= 11 is 12.4. The Bertz CT molecular complexity index is 723. The SMILES string of the molecule is CC(=O)c1ccc(N2CC[NH+](Cc3cccc(Cl)c3Cl)CC2)cc1. The van der Waals surface area contributed by atoms with Gasteiger partial charge in [0.25, 0.3) is 0 Å². The van der Waals surface area contributed by atoms with Gasteiger partial charge in [0.2, 0.25) is 0 Å². The maximum absolute atomic E-state index is 11.4. The molecule has 2 aromatic rings. The number of Topliss-reactive ketones (excluding diaryl/α,β-unsaturated/α-hetero) is 1. The number of halogens is 2. The molecule has 0 saturated carbocycles. The second kappa shape index (κ2) is 7.56. The first kappa shape index (κ1) is 17.3. The fraction of sp³-hybridized carbons (Fsp3) is 0.316. The van der Waals surface area contributed by atoms with Crippen molar-refractivity contribution in [2.24, 2.45) is 0 Å². The molecule has 0 unspecified atom stereocenters. The smallest absolute Gasteiger partial charge is 0.159 e. The van der Waals surface area contributed by atoms with Crippen molar-refractivity contribution in [3.8, 4) is 0 Å². The molecule has 24 heavy (non-hydrogen) atoms. The number of anilines is 1. The number of hydrogen-bond donors (Lipinski definition) is 1. The van der Waals surface area contributed by atoms with Crippen molar-refractivity contribution >= 4 is 34.7 Å². The number of benzene rings is 2. The number of hydrogen-bond acceptors (Lipinski definition) is 2. The van der Waals surface area contributed by atoms with Crippen LogP contribution in [0.5, 0.6) is 0 Å². The average Bonchev–Trinajstić information content (AvgIpc) is 2.60. The van der Waals surface area contributed by atoms with Gasteiger partial charge in [-0.2, -0.15) is 0 Å². The third-order valence-electron chi connectivity index (χ3n) is 4.58. The Hall–Kier alpha value is -1.55. The highest BCUT2D eigenvalue weighted by Gasteiger charge is 2.21. The van der Waals surface area contributed by atoms with Gasteiger partial charge in [-0.1, -0.05) is 35.3 Å². The molecule has 0 aromatic heterocycles. The van der Waals surface area contributed by atoms with E-state index in [2.05, 4.69) is 4.90 Å². The first-order valence-corrected chi connectivity index (χ1v) is 8.92. The molecule has 1 fully saturated rings. The maximum Gasteiger partial charge on any atom is 0.159 e. The minimum Gasteiger partial charge on any atom is -0.360 e. The first-order chi connectivity index (χ1) is 11.5. The Morgan fingerprint density at radius 2 is 1.75 bits per heavy atom. The number of ketones is 1. The zero-order valence-electron chi connectivity index (χ0n) is 13.7. The van der Waals surface area contributed by atoms with Crippen LogP contribution >= 0.6 is 23.2 Å². The van der Waals surface area contributed by atoms with Crippen molar-refractivity contribution in [3.05, 3.63) is 63.6 Å². The molecular weight excluding hydrogens is 343 g/mol. The Kier molecular flexibility index (Phi) is 5.44. The van der Waals surface area contributed by atoms with E-state index in [4.69, 9.17) is 23.2 Å². The molecule has 1 N–H and O–H groups in total. The number of quaternary nitrogens is 1. The Morgan fingerprint density at radius 3 is 2.38 bits per heavy atom. The average molecular weight is 364 g/mol. The fourth-order valence-corrected chi connectivity index (χ4v) is 3.51. The highest BCUT2D eigenvalue weighted by atomic mass is 35.5. The molecule has 3 rings (SSSR count). The lowest BCUT2D eigenvalue weighted by molar-refractivity contribution is -0.914. The van der Waals surface area contributed by atoms with Crippen LogP contribution in [-0.4, -0.2) is 32.0 Å². The summed E-state index contributed by atoms with van der Waals surface area (Å²) in [6, 6.07) is 13.7. The Labute approximate surface area is 152 Å². The zero-order chi connectivity index (χ0) is 17.1. The minimum atomic E-state index is 0.106. The van der Waals surface area contributed by atoms with E-state index in [9.17, 15) is 4.79 Å². The van der Waals surface area contributed by atoms with Gasteiger partial charge in [0.1, 0.15) is 6.54 Å². The van der Waals surface area contributed by atoms with Crippen molar-refractivity contribution in [2.75, 3.05) is 31.1 Å². The quantitative estimate of drug-likeness (QED) is 0.844. The van der Waals surface area contributed by atoms with Gasteiger partial charge in [0, 0.05) is 16.8 Å². The fourth-order valence-electron chi connectivity index (χ4n) is 3.12. The number of nitrogens with one attached hydrogen (secondary N) is 1. The molecule has 0 spiro atoms. The molecule has 0 amide bonds. The molecular formula is C19H21Cl2N2O+. The molecule has 0 radical (unpaired) electrons. The monoisotopic (exact) mass is 363 g/mol. The molecule has 126 valence electrons. The Morgan fingerprint density at radius 1 is 1.08 bits per heavy atom. The van der Waals surface area contributed by atoms with E-state index < -0.39 is 0 Å². The van der Waals surface area contributed by atoms with Crippen molar-refractivity contribution in [1.82, 2.24) is 0 Å². The summed E-state index contributed by atoms with van der Waals surface area (Å²) < 4.78 is 0. The summed E-state index contributed by atoms with van der Waals surface area (Å²) in [4.78, 5) is 15.2. The van der Waals surface area contributed by atoms with Crippen LogP contribution in [0.25, 0.3) is 0 Å². The summed E-state index contributed by atoms with van der Waals surface area (Å²) in [6.07, 6.45) is 0. The third kappa shape index (κ3) is 3.92. The van der Waals surface area contributed by atoms with Crippen LogP contribution in [0, 0.1) is 0 Å². The van der Waals surface area contributed by atoms with E-state index in [0.29, 0.717) is 10.0 Å². The number of carbonyl (C=O) groups is 1. The topological polar surface area (TPSA) is 24.8 Å². The van der Waals surface area contributed by atoms with Crippen molar-refractivity contribution in [3.63, 3.8) is 0 Å². The number of nitrogens with zero attached hydrogens (tertiary/aromatic N) is 1. The third-order valence-corrected chi connectivity index (χ3v) is 5.44. The number of carbonyl (C=O) groups excluding carboxylic acids is 1. The van der Waals surface area contributed by atoms with Gasteiger partial charge in [-0.25, -0.2) is 0 Å². The minimum absolute atomic E-state index is 0.106. The molecule has 1 aliphatic heterocycles. The normalized spacial score (nSPS) is 15.5. The van der Waals surface area contributed by atoms with Gasteiger partial charge < -0.3 is 9.80 Å². The summed E-state index contributed by atoms with van der Waals surface area (Å²) in [7, 11) is 0. The summed E-state index contributed by atoms with van der Waals surface area (Å²) in [6.45, 7) is 6.59. The van der Waals surface area contributed by atoms with Crippen LogP contribution in [-0.2, 0) is 6.54 Å². The van der Waals surface area contributed by atoms with Crippen LogP contribution < -0.4 is 9.80 Å². The number of rotatable bonds is 4. The molecule has 1 saturated heterocycles. The van der Waals surface area contributed by atoms with E-state index >= 15 is 0 Å². The van der Waals surface area contributed by atoms with Gasteiger partial charge in [-0.05, 0) is 37.3 Å². The lowest BCUT2D eigenvalue weighted by Crippen LogP contribution is -3.13. The van der Waals surface area contributed by atoms with Crippen molar-refractivity contribution < 1.29 is 9.69 Å². The van der Waals surface area contributed by atoms with Gasteiger partial charge >= 0.3 is 0 Å². The van der Waals surface area contributed by atoms with Crippen LogP contribution in [0.1, 0.15) is 22.8 Å². The highest BCUT2D eigenvalue weighted by molar-refractivity contribution is 6.42. The van der Waals surface area contributed by atoms with Crippen LogP contribution in [0.2, 0.25) is 10.0 Å². The van der Waals surface area contributed by atoms with Crippen LogP contribution in [0.3, 0.4) is 0 Å². The van der Waals surface area contributed by atoms with E-state index in [0.717, 1.165) is 43.9 Å². The predicted molar refractivity (Wildman–Crippen MR) is 99.5 cm³/mol. The standard InChI is InChI=1S/C19H20Cl2N2O/c1-14(24)15-5-7-17(8-6-15)23-11-9-22(10-12-23)13-16-3-2-4-18(20)19(16)21/h2-8H,9-13H2,1H3/p+1. The molecule has 0 aliphatic carbocycles. The molecule has 1 aliphatic rings. The molecule has 1 heterocycles.